The van der Waals surface area contributed by atoms with Crippen LogP contribution < -0.4 is 4.74 Å². The van der Waals surface area contributed by atoms with Crippen LogP contribution >= 0.6 is 0 Å². The van der Waals surface area contributed by atoms with Gasteiger partial charge in [0, 0.05) is 5.39 Å². The lowest BCUT2D eigenvalue weighted by atomic mass is 9.98. The Morgan fingerprint density at radius 1 is 1.11 bits per heavy atom. The summed E-state index contributed by atoms with van der Waals surface area (Å²) in [4.78, 5) is 11.1. The van der Waals surface area contributed by atoms with E-state index in [0.717, 1.165) is 33.9 Å². The van der Waals surface area contributed by atoms with E-state index in [0.29, 0.717) is 0 Å². The van der Waals surface area contributed by atoms with Crippen molar-refractivity contribution in [3.8, 4) is 5.75 Å². The largest absolute Gasteiger partial charge is 0.496 e. The van der Waals surface area contributed by atoms with Crippen LogP contribution in [0.3, 0.4) is 0 Å². The molecule has 98 valence electrons. The molecule has 0 fully saturated rings. The number of rotatable bonds is 4. The molecule has 0 N–H and O–H groups in total. The molecule has 2 aromatic rings. The second kappa shape index (κ2) is 5.70. The summed E-state index contributed by atoms with van der Waals surface area (Å²) < 4.78 is 5.37. The van der Waals surface area contributed by atoms with Crippen molar-refractivity contribution in [2.24, 2.45) is 5.92 Å². The topological polar surface area (TPSA) is 26.3 Å². The van der Waals surface area contributed by atoms with Crippen LogP contribution in [0.2, 0.25) is 0 Å². The highest BCUT2D eigenvalue weighted by atomic mass is 16.5. The van der Waals surface area contributed by atoms with Crippen LogP contribution in [0, 0.1) is 5.92 Å². The van der Waals surface area contributed by atoms with Gasteiger partial charge in [-0.15, -0.1) is 0 Å². The second-order valence-corrected chi connectivity index (χ2v) is 4.82. The second-order valence-electron chi connectivity index (χ2n) is 4.82. The Morgan fingerprint density at radius 3 is 2.37 bits per heavy atom. The van der Waals surface area contributed by atoms with Gasteiger partial charge < -0.3 is 4.74 Å². The summed E-state index contributed by atoms with van der Waals surface area (Å²) in [7, 11) is 1.67. The highest BCUT2D eigenvalue weighted by molar-refractivity contribution is 5.97. The quantitative estimate of drug-likeness (QED) is 0.607. The highest BCUT2D eigenvalue weighted by Gasteiger charge is 2.07. The Hall–Kier alpha value is -2.09. The normalized spacial score (nSPS) is 11.9. The van der Waals surface area contributed by atoms with Gasteiger partial charge in [-0.2, -0.15) is 0 Å². The van der Waals surface area contributed by atoms with Gasteiger partial charge in [0.1, 0.15) is 12.0 Å². The van der Waals surface area contributed by atoms with Crippen LogP contribution in [0.1, 0.15) is 19.4 Å². The molecule has 0 unspecified atom stereocenters. The molecule has 2 nitrogen and oxygen atoms in total. The predicted octanol–water partition coefficient (Wildman–Crippen LogP) is 4.09. The Balaban J connectivity index is 2.66. The van der Waals surface area contributed by atoms with Crippen molar-refractivity contribution in [1.82, 2.24) is 0 Å². The van der Waals surface area contributed by atoms with E-state index >= 15 is 0 Å². The Morgan fingerprint density at radius 2 is 1.79 bits per heavy atom. The van der Waals surface area contributed by atoms with Crippen molar-refractivity contribution < 1.29 is 9.53 Å². The van der Waals surface area contributed by atoms with Crippen LogP contribution in [0.15, 0.2) is 42.0 Å². The van der Waals surface area contributed by atoms with Gasteiger partial charge in [-0.05, 0) is 34.6 Å². The first kappa shape index (κ1) is 13.3. The molecule has 0 amide bonds. The van der Waals surface area contributed by atoms with Crippen molar-refractivity contribution in [2.75, 3.05) is 7.11 Å². The maximum Gasteiger partial charge on any atom is 0.146 e. The lowest BCUT2D eigenvalue weighted by Gasteiger charge is -2.09. The summed E-state index contributed by atoms with van der Waals surface area (Å²) >= 11 is 0. The number of carbonyl (C=O) groups excluding carboxylic acids is 1. The van der Waals surface area contributed by atoms with Gasteiger partial charge >= 0.3 is 0 Å². The van der Waals surface area contributed by atoms with E-state index in [-0.39, 0.29) is 5.92 Å². The van der Waals surface area contributed by atoms with E-state index in [1.54, 1.807) is 7.11 Å². The molecule has 0 aliphatic rings. The van der Waals surface area contributed by atoms with E-state index in [1.165, 1.54) is 0 Å². The first-order valence-corrected chi connectivity index (χ1v) is 6.40. The predicted molar refractivity (Wildman–Crippen MR) is 79.4 cm³/mol. The van der Waals surface area contributed by atoms with E-state index < -0.39 is 0 Å². The minimum Gasteiger partial charge on any atom is -0.496 e. The standard InChI is InChI=1S/C17H18O2/c1-12(2)14(11-18)10-13-8-9-17(19-3)16-7-5-4-6-15(13)16/h4-12H,1-3H3. The average molecular weight is 254 g/mol. The van der Waals surface area contributed by atoms with Crippen LogP contribution in [0.25, 0.3) is 16.8 Å². The molecule has 0 bridgehead atoms. The number of ether oxygens (including phenoxy) is 1. The molecule has 0 aromatic heterocycles. The summed E-state index contributed by atoms with van der Waals surface area (Å²) in [5, 5.41) is 2.16. The molecular formula is C17H18O2. The zero-order valence-electron chi connectivity index (χ0n) is 11.5. The maximum atomic E-state index is 11.1. The molecule has 0 atom stereocenters. The third-order valence-corrected chi connectivity index (χ3v) is 3.26. The number of hydrogen-bond donors (Lipinski definition) is 0. The summed E-state index contributed by atoms with van der Waals surface area (Å²) in [6.45, 7) is 4.04. The zero-order valence-corrected chi connectivity index (χ0v) is 11.5. The Bertz CT molecular complexity index is 624. The van der Waals surface area contributed by atoms with Crippen LogP contribution in [-0.4, -0.2) is 13.4 Å². The van der Waals surface area contributed by atoms with Crippen LogP contribution in [0.5, 0.6) is 5.75 Å². The number of fused-ring (bicyclic) bond motifs is 1. The van der Waals surface area contributed by atoms with E-state index in [4.69, 9.17) is 4.74 Å². The molecule has 2 heteroatoms. The third kappa shape index (κ3) is 2.68. The first-order chi connectivity index (χ1) is 9.17. The molecular weight excluding hydrogens is 236 g/mol. The smallest absolute Gasteiger partial charge is 0.146 e. The number of aldehydes is 1. The Kier molecular flexibility index (Phi) is 4.00. The monoisotopic (exact) mass is 254 g/mol. The summed E-state index contributed by atoms with van der Waals surface area (Å²) in [5.74, 6) is 1.07. The molecule has 0 saturated carbocycles. The summed E-state index contributed by atoms with van der Waals surface area (Å²) in [6, 6.07) is 12.0. The number of carbonyl (C=O) groups is 1. The lowest BCUT2D eigenvalue weighted by Crippen LogP contribution is -1.95. The van der Waals surface area contributed by atoms with Crippen molar-refractivity contribution in [2.45, 2.75) is 13.8 Å². The van der Waals surface area contributed by atoms with Gasteiger partial charge in [0.05, 0.1) is 7.11 Å². The van der Waals surface area contributed by atoms with Crippen LogP contribution in [-0.2, 0) is 4.79 Å². The van der Waals surface area contributed by atoms with E-state index in [1.807, 2.05) is 56.3 Å². The van der Waals surface area contributed by atoms with Crippen molar-refractivity contribution in [1.29, 1.82) is 0 Å². The number of methoxy groups -OCH3 is 1. The molecule has 0 radical (unpaired) electrons. The molecule has 2 rings (SSSR count). The minimum absolute atomic E-state index is 0.221. The van der Waals surface area contributed by atoms with E-state index in [2.05, 4.69) is 0 Å². The van der Waals surface area contributed by atoms with Crippen LogP contribution in [0.4, 0.5) is 0 Å². The fourth-order valence-electron chi connectivity index (χ4n) is 2.11. The van der Waals surface area contributed by atoms with Gasteiger partial charge in [-0.1, -0.05) is 44.2 Å². The minimum atomic E-state index is 0.221. The fourth-order valence-corrected chi connectivity index (χ4v) is 2.11. The molecule has 0 spiro atoms. The highest BCUT2D eigenvalue weighted by Crippen LogP contribution is 2.29. The SMILES string of the molecule is COc1ccc(C=C(C=O)C(C)C)c2ccccc12. The van der Waals surface area contributed by atoms with Gasteiger partial charge in [0.25, 0.3) is 0 Å². The zero-order chi connectivity index (χ0) is 13.8. The van der Waals surface area contributed by atoms with Gasteiger partial charge in [0.2, 0.25) is 0 Å². The molecule has 0 aliphatic carbocycles. The molecule has 0 aliphatic heterocycles. The van der Waals surface area contributed by atoms with E-state index in [9.17, 15) is 4.79 Å². The number of hydrogen-bond acceptors (Lipinski definition) is 2. The summed E-state index contributed by atoms with van der Waals surface area (Å²) in [6.07, 6.45) is 2.89. The average Bonchev–Trinajstić information content (AvgIpc) is 2.44. The van der Waals surface area contributed by atoms with Gasteiger partial charge in [-0.3, -0.25) is 4.79 Å². The fraction of sp³-hybridized carbons (Fsp3) is 0.235. The number of allylic oxidation sites excluding steroid dienone is 1. The van der Waals surface area contributed by atoms with Crippen molar-refractivity contribution >= 4 is 23.1 Å². The van der Waals surface area contributed by atoms with Crippen molar-refractivity contribution in [3.63, 3.8) is 0 Å². The molecule has 2 aromatic carbocycles. The Labute approximate surface area is 113 Å². The molecule has 0 saturated heterocycles. The lowest BCUT2D eigenvalue weighted by molar-refractivity contribution is -0.105. The maximum absolute atomic E-state index is 11.1. The van der Waals surface area contributed by atoms with Gasteiger partial charge in [0.15, 0.2) is 0 Å². The molecule has 0 heterocycles. The number of benzene rings is 2. The van der Waals surface area contributed by atoms with Crippen molar-refractivity contribution in [3.05, 3.63) is 47.5 Å². The first-order valence-electron chi connectivity index (χ1n) is 6.40. The van der Waals surface area contributed by atoms with Gasteiger partial charge in [-0.25, -0.2) is 0 Å². The molecule has 19 heavy (non-hydrogen) atoms. The summed E-state index contributed by atoms with van der Waals surface area (Å²) in [5.41, 5.74) is 1.85. The third-order valence-electron chi connectivity index (χ3n) is 3.26.